The van der Waals surface area contributed by atoms with E-state index in [0.717, 1.165) is 0 Å². The van der Waals surface area contributed by atoms with Gasteiger partial charge in [-0.3, -0.25) is 0 Å². The first-order valence-electron chi connectivity index (χ1n) is 26.0. The SMILES string of the molecule is CC1(C)c2ccccc2-c2ccc(-c3ccccc3-c3ccc4c(c3)C(C)(C)c3cc(-c5ccc6c(c5)C(C)(C)c5cc(-c7ccccc7-c7ccc8c(c7)C(C)(C)c7ccccc7-8)ccc5-6)ccc3-4)cc21. The van der Waals surface area contributed by atoms with Crippen molar-refractivity contribution < 1.29 is 0 Å². The lowest BCUT2D eigenvalue weighted by Gasteiger charge is -2.24. The molecule has 0 amide bonds. The zero-order chi connectivity index (χ0) is 49.1. The maximum absolute atomic E-state index is 2.48. The second-order valence-corrected chi connectivity index (χ2v) is 23.2. The van der Waals surface area contributed by atoms with Crippen LogP contribution in [-0.4, -0.2) is 0 Å². The summed E-state index contributed by atoms with van der Waals surface area (Å²) in [6.45, 7) is 19.1. The number of benzene rings is 10. The van der Waals surface area contributed by atoms with Gasteiger partial charge in [0.2, 0.25) is 0 Å². The van der Waals surface area contributed by atoms with E-state index in [1.807, 2.05) is 0 Å². The number of fused-ring (bicyclic) bond motifs is 12. The Balaban J connectivity index is 0.772. The van der Waals surface area contributed by atoms with Crippen LogP contribution in [0.15, 0.2) is 206 Å². The van der Waals surface area contributed by atoms with E-state index in [2.05, 4.69) is 262 Å². The first-order chi connectivity index (χ1) is 34.7. The van der Waals surface area contributed by atoms with Crippen LogP contribution in [0.4, 0.5) is 0 Å². The summed E-state index contributed by atoms with van der Waals surface area (Å²) in [5, 5.41) is 0. The van der Waals surface area contributed by atoms with Crippen molar-refractivity contribution in [3.63, 3.8) is 0 Å². The molecule has 0 unspecified atom stereocenters. The molecule has 0 atom stereocenters. The minimum absolute atomic E-state index is 0.0471. The van der Waals surface area contributed by atoms with Gasteiger partial charge < -0.3 is 0 Å². The molecule has 14 rings (SSSR count). The van der Waals surface area contributed by atoms with E-state index in [-0.39, 0.29) is 21.7 Å². The van der Waals surface area contributed by atoms with Gasteiger partial charge in [0, 0.05) is 21.7 Å². The fourth-order valence-corrected chi connectivity index (χ4v) is 13.9. The lowest BCUT2D eigenvalue weighted by molar-refractivity contribution is 0.660. The van der Waals surface area contributed by atoms with Gasteiger partial charge in [0.25, 0.3) is 0 Å². The summed E-state index contributed by atoms with van der Waals surface area (Å²) in [7, 11) is 0. The molecule has 0 saturated heterocycles. The average Bonchev–Trinajstić information content (AvgIpc) is 3.97. The molecule has 0 heteroatoms. The van der Waals surface area contributed by atoms with Crippen LogP contribution >= 0.6 is 0 Å². The Kier molecular flexibility index (Phi) is 8.89. The standard InChI is InChI=1S/C72H58/c1-69(2)61-23-15-13-21-53(61)55-33-27-45(39-65(55)69)49-17-9-11-19-51(49)47-29-35-59-57-31-25-43(37-63(57)71(5,6)67(59)41-47)44-26-32-58-60-36-30-48(42-68(60)72(7,8)64(58)38-44)52-20-12-10-18-50(52)46-28-34-56-54-22-14-16-24-62(54)70(3,4)66(56)40-46/h9-42H,1-8H3. The first-order valence-corrected chi connectivity index (χ1v) is 26.0. The van der Waals surface area contributed by atoms with Gasteiger partial charge in [-0.1, -0.05) is 225 Å². The molecule has 10 aromatic rings. The minimum atomic E-state index is -0.172. The molecule has 4 aliphatic rings. The van der Waals surface area contributed by atoms with E-state index in [1.165, 1.54) is 145 Å². The van der Waals surface area contributed by atoms with Crippen LogP contribution in [0.1, 0.15) is 99.9 Å². The van der Waals surface area contributed by atoms with Gasteiger partial charge in [-0.05, 0) is 181 Å². The summed E-state index contributed by atoms with van der Waals surface area (Å²) in [5.41, 5.74) is 34.3. The molecular formula is C72H58. The Labute approximate surface area is 425 Å². The molecule has 0 nitrogen and oxygen atoms in total. The van der Waals surface area contributed by atoms with Crippen molar-refractivity contribution in [1.82, 2.24) is 0 Å². The average molecular weight is 923 g/mol. The number of rotatable bonds is 5. The van der Waals surface area contributed by atoms with Crippen molar-refractivity contribution in [2.24, 2.45) is 0 Å². The molecule has 0 bridgehead atoms. The summed E-state index contributed by atoms with van der Waals surface area (Å²) in [6, 6.07) is 78.9. The third-order valence-electron chi connectivity index (χ3n) is 18.0. The summed E-state index contributed by atoms with van der Waals surface area (Å²) in [5.74, 6) is 0. The van der Waals surface area contributed by atoms with Gasteiger partial charge in [0.15, 0.2) is 0 Å². The summed E-state index contributed by atoms with van der Waals surface area (Å²) in [6.07, 6.45) is 0. The molecule has 0 aliphatic heterocycles. The predicted octanol–water partition coefficient (Wildman–Crippen LogP) is 19.2. The highest BCUT2D eigenvalue weighted by Gasteiger charge is 2.40. The fraction of sp³-hybridized carbons (Fsp3) is 0.167. The van der Waals surface area contributed by atoms with Crippen molar-refractivity contribution in [1.29, 1.82) is 0 Å². The minimum Gasteiger partial charge on any atom is -0.0619 e. The Bertz CT molecular complexity index is 3710. The lowest BCUT2D eigenvalue weighted by Crippen LogP contribution is -2.15. The van der Waals surface area contributed by atoms with Crippen molar-refractivity contribution in [2.75, 3.05) is 0 Å². The monoisotopic (exact) mass is 922 g/mol. The van der Waals surface area contributed by atoms with Crippen LogP contribution in [-0.2, 0) is 21.7 Å². The predicted molar refractivity (Wildman–Crippen MR) is 304 cm³/mol. The smallest absolute Gasteiger partial charge is 0.0159 e. The molecule has 0 saturated carbocycles. The third-order valence-corrected chi connectivity index (χ3v) is 18.0. The normalized spacial score (nSPS) is 15.9. The first kappa shape index (κ1) is 43.0. The Morgan fingerprint density at radius 2 is 0.347 bits per heavy atom. The van der Waals surface area contributed by atoms with Crippen LogP contribution in [0.25, 0.3) is 100 Å². The van der Waals surface area contributed by atoms with Crippen LogP contribution in [0.2, 0.25) is 0 Å². The second-order valence-electron chi connectivity index (χ2n) is 23.2. The molecule has 0 N–H and O–H groups in total. The van der Waals surface area contributed by atoms with E-state index < -0.39 is 0 Å². The highest BCUT2D eigenvalue weighted by Crippen LogP contribution is 2.56. The molecule has 10 aromatic carbocycles. The number of hydrogen-bond acceptors (Lipinski definition) is 0. The van der Waals surface area contributed by atoms with E-state index in [9.17, 15) is 0 Å². The largest absolute Gasteiger partial charge is 0.0619 e. The molecule has 0 aromatic heterocycles. The van der Waals surface area contributed by atoms with Gasteiger partial charge in [-0.15, -0.1) is 0 Å². The van der Waals surface area contributed by atoms with Gasteiger partial charge in [0.05, 0.1) is 0 Å². The van der Waals surface area contributed by atoms with Crippen molar-refractivity contribution >= 4 is 0 Å². The maximum atomic E-state index is 2.48. The van der Waals surface area contributed by atoms with Crippen molar-refractivity contribution in [3.8, 4) is 100 Å². The van der Waals surface area contributed by atoms with E-state index in [1.54, 1.807) is 0 Å². The Morgan fingerprint density at radius 1 is 0.167 bits per heavy atom. The van der Waals surface area contributed by atoms with Gasteiger partial charge in [-0.2, -0.15) is 0 Å². The van der Waals surface area contributed by atoms with E-state index >= 15 is 0 Å². The van der Waals surface area contributed by atoms with Gasteiger partial charge in [0.1, 0.15) is 0 Å². The lowest BCUT2D eigenvalue weighted by atomic mass is 9.79. The second kappa shape index (κ2) is 14.9. The molecule has 72 heavy (non-hydrogen) atoms. The Hall–Kier alpha value is -7.80. The Morgan fingerprint density at radius 3 is 0.611 bits per heavy atom. The number of hydrogen-bond donors (Lipinski definition) is 0. The zero-order valence-corrected chi connectivity index (χ0v) is 42.6. The molecule has 0 radical (unpaired) electrons. The quantitative estimate of drug-likeness (QED) is 0.161. The van der Waals surface area contributed by atoms with Gasteiger partial charge in [-0.25, -0.2) is 0 Å². The van der Waals surface area contributed by atoms with Crippen LogP contribution in [0, 0.1) is 0 Å². The summed E-state index contributed by atoms with van der Waals surface area (Å²) in [4.78, 5) is 0. The van der Waals surface area contributed by atoms with Crippen molar-refractivity contribution in [2.45, 2.75) is 77.0 Å². The maximum Gasteiger partial charge on any atom is 0.0159 e. The van der Waals surface area contributed by atoms with E-state index in [4.69, 9.17) is 0 Å². The third kappa shape index (κ3) is 5.93. The van der Waals surface area contributed by atoms with Crippen LogP contribution in [0.5, 0.6) is 0 Å². The molecular weight excluding hydrogens is 865 g/mol. The van der Waals surface area contributed by atoms with Crippen LogP contribution < -0.4 is 0 Å². The zero-order valence-electron chi connectivity index (χ0n) is 42.6. The highest BCUT2D eigenvalue weighted by atomic mass is 14.4. The molecule has 4 aliphatic carbocycles. The molecule has 346 valence electrons. The molecule has 0 spiro atoms. The topological polar surface area (TPSA) is 0 Å². The summed E-state index contributed by atoms with van der Waals surface area (Å²) >= 11 is 0. The highest BCUT2D eigenvalue weighted by molar-refractivity contribution is 5.94. The molecule has 0 fully saturated rings. The molecule has 0 heterocycles. The fourth-order valence-electron chi connectivity index (χ4n) is 13.9. The van der Waals surface area contributed by atoms with Gasteiger partial charge >= 0.3 is 0 Å². The van der Waals surface area contributed by atoms with Crippen LogP contribution in [0.3, 0.4) is 0 Å². The van der Waals surface area contributed by atoms with Crippen molar-refractivity contribution in [3.05, 3.63) is 251 Å². The summed E-state index contributed by atoms with van der Waals surface area (Å²) < 4.78 is 0. The van der Waals surface area contributed by atoms with E-state index in [0.29, 0.717) is 0 Å².